The Morgan fingerprint density at radius 2 is 1.00 bits per heavy atom. The Balaban J connectivity index is -0.0000000480. The van der Waals surface area contributed by atoms with Gasteiger partial charge in [0.25, 0.3) is 0 Å². The van der Waals surface area contributed by atoms with Crippen LogP contribution >= 0.6 is 11.6 Å². The molecule has 0 saturated heterocycles. The first kappa shape index (κ1) is 15.6. The average Bonchev–Trinajstić information content (AvgIpc) is 1.41. The zero-order valence-corrected chi connectivity index (χ0v) is 6.77. The minimum Gasteiger partial charge on any atom is -1.00 e. The molecule has 0 atom stereocenters. The van der Waals surface area contributed by atoms with Gasteiger partial charge in [-0.2, -0.15) is 0 Å². The van der Waals surface area contributed by atoms with Gasteiger partial charge in [-0.3, -0.25) is 0 Å². The van der Waals surface area contributed by atoms with Crippen LogP contribution < -0.4 is 17.3 Å². The second-order valence-electron chi connectivity index (χ2n) is 1.50. The Morgan fingerprint density at radius 1 is 1.00 bits per heavy atom. The molecule has 1 nitrogen and oxygen atoms in total. The molecule has 0 aliphatic heterocycles. The fourth-order valence-corrected chi connectivity index (χ4v) is 0. The van der Waals surface area contributed by atoms with Gasteiger partial charge in [0.2, 0.25) is 0 Å². The molecule has 3 heteroatoms. The number of rotatable bonds is 0. The summed E-state index contributed by atoms with van der Waals surface area (Å²) in [5, 5.41) is 0. The first-order valence-electron chi connectivity index (χ1n) is 1.88. The summed E-state index contributed by atoms with van der Waals surface area (Å²) in [6.07, 6.45) is 1.47. The van der Waals surface area contributed by atoms with Crippen LogP contribution in [0.4, 0.5) is 0 Å². The Kier molecular flexibility index (Phi) is 35.8. The summed E-state index contributed by atoms with van der Waals surface area (Å²) in [6, 6.07) is 0. The van der Waals surface area contributed by atoms with E-state index in [9.17, 15) is 0 Å². The highest BCUT2D eigenvalue weighted by molar-refractivity contribution is 6.15. The minimum absolute atomic E-state index is 0. The molecule has 0 aliphatic rings. The minimum atomic E-state index is 0. The van der Waals surface area contributed by atoms with Gasteiger partial charge in [0, 0.05) is 6.38 Å². The number of hydrogen-bond acceptors (Lipinski definition) is 0. The Hall–Kier alpha value is 0.540. The van der Waals surface area contributed by atoms with Crippen molar-refractivity contribution < 1.29 is 17.3 Å². The third-order valence-electron chi connectivity index (χ3n) is 0. The predicted molar refractivity (Wildman–Crippen MR) is 30.5 cm³/mol. The van der Waals surface area contributed by atoms with Crippen LogP contribution in [0, 0.1) is 0 Å². The van der Waals surface area contributed by atoms with Gasteiger partial charge in [-0.1, -0.05) is 0 Å². The van der Waals surface area contributed by atoms with E-state index in [1.54, 1.807) is 0 Å². The summed E-state index contributed by atoms with van der Waals surface area (Å²) in [4.78, 5) is 1.42. The molecule has 1 N–H and O–H groups in total. The quantitative estimate of drug-likeness (QED) is 0.340. The van der Waals surface area contributed by atoms with E-state index in [0.717, 1.165) is 0 Å². The van der Waals surface area contributed by atoms with E-state index in [1.165, 1.54) is 11.3 Å². The summed E-state index contributed by atoms with van der Waals surface area (Å²) in [6.45, 7) is 0. The van der Waals surface area contributed by atoms with Gasteiger partial charge in [0.15, 0.2) is 0 Å². The molecule has 0 unspecified atom stereocenters. The first-order chi connectivity index (χ1) is 2.73. The maximum atomic E-state index is 4.64. The van der Waals surface area contributed by atoms with Crippen molar-refractivity contribution >= 4 is 11.6 Å². The van der Waals surface area contributed by atoms with Crippen molar-refractivity contribution in [2.75, 3.05) is 27.5 Å². The maximum Gasteiger partial charge on any atom is 0.0661 e. The van der Waals surface area contributed by atoms with Crippen molar-refractivity contribution in [2.24, 2.45) is 0 Å². The monoisotopic (exact) mass is 145 g/mol. The molecule has 0 bridgehead atoms. The molecule has 0 fully saturated rings. The highest BCUT2D eigenvalue weighted by Crippen LogP contribution is 1.34. The van der Waals surface area contributed by atoms with Gasteiger partial charge >= 0.3 is 0 Å². The number of hydrogen-bond donors (Lipinski definition) is 1. The zero-order valence-electron chi connectivity index (χ0n) is 5.26. The third-order valence-corrected chi connectivity index (χ3v) is 0. The summed E-state index contributed by atoms with van der Waals surface area (Å²) >= 11 is 4.64. The molecule has 0 aromatic rings. The summed E-state index contributed by atoms with van der Waals surface area (Å²) in [7, 11) is 6.25. The highest BCUT2D eigenvalue weighted by Gasteiger charge is 1.61. The first-order valence-corrected chi connectivity index (χ1v) is 2.63. The third kappa shape index (κ3) is 462. The molecule has 7 heavy (non-hydrogen) atoms. The van der Waals surface area contributed by atoms with Crippen LogP contribution in [0.2, 0.25) is 0 Å². The molecular weight excluding hydrogens is 133 g/mol. The lowest BCUT2D eigenvalue weighted by atomic mass is 11.0. The number of halogens is 2. The number of alkyl halides is 1. The highest BCUT2D eigenvalue weighted by atomic mass is 35.5. The molecule has 0 amide bonds. The van der Waals surface area contributed by atoms with Crippen LogP contribution in [-0.4, -0.2) is 27.5 Å². The molecule has 0 saturated carbocycles. The second kappa shape index (κ2) is 16.0. The molecule has 0 aromatic carbocycles. The van der Waals surface area contributed by atoms with Gasteiger partial charge in [-0.15, -0.1) is 11.6 Å². The van der Waals surface area contributed by atoms with E-state index in [-0.39, 0.29) is 12.4 Å². The predicted octanol–water partition coefficient (Wildman–Crippen LogP) is -3.38. The van der Waals surface area contributed by atoms with Gasteiger partial charge in [0.05, 0.1) is 21.1 Å². The SMILES string of the molecule is CCl.C[NH+](C)C.[Cl-]. The molecule has 0 heterocycles. The van der Waals surface area contributed by atoms with Gasteiger partial charge in [-0.25, -0.2) is 0 Å². The van der Waals surface area contributed by atoms with Crippen molar-refractivity contribution in [2.45, 2.75) is 0 Å². The topological polar surface area (TPSA) is 4.44 Å². The standard InChI is InChI=1S/C3H9N.CH3Cl.ClH/c1-4(2)3;1-2;/h1-3H3;1H3;1H. The summed E-state index contributed by atoms with van der Waals surface area (Å²) in [5.41, 5.74) is 0. The molecule has 48 valence electrons. The van der Waals surface area contributed by atoms with Crippen molar-refractivity contribution in [1.29, 1.82) is 0 Å². The van der Waals surface area contributed by atoms with Crippen LogP contribution in [0.1, 0.15) is 0 Å². The lowest BCUT2D eigenvalue weighted by Gasteiger charge is -1.88. The fraction of sp³-hybridized carbons (Fsp3) is 1.00. The van der Waals surface area contributed by atoms with Crippen LogP contribution in [-0.2, 0) is 0 Å². The number of nitrogens with one attached hydrogen (secondary N) is 1. The Morgan fingerprint density at radius 3 is 1.00 bits per heavy atom. The lowest BCUT2D eigenvalue weighted by molar-refractivity contribution is -0.836. The van der Waals surface area contributed by atoms with Gasteiger partial charge in [-0.05, 0) is 0 Å². The Labute approximate surface area is 57.1 Å². The second-order valence-corrected chi connectivity index (χ2v) is 1.50. The van der Waals surface area contributed by atoms with Crippen molar-refractivity contribution in [3.63, 3.8) is 0 Å². The van der Waals surface area contributed by atoms with E-state index < -0.39 is 0 Å². The average molecular weight is 146 g/mol. The summed E-state index contributed by atoms with van der Waals surface area (Å²) < 4.78 is 0. The van der Waals surface area contributed by atoms with E-state index in [4.69, 9.17) is 0 Å². The maximum absolute atomic E-state index is 4.64. The summed E-state index contributed by atoms with van der Waals surface area (Å²) in [5.74, 6) is 0. The largest absolute Gasteiger partial charge is 1.00 e. The number of quaternary nitrogens is 1. The molecule has 0 spiro atoms. The fourth-order valence-electron chi connectivity index (χ4n) is 0. The van der Waals surface area contributed by atoms with E-state index >= 15 is 0 Å². The smallest absolute Gasteiger partial charge is 0.0661 e. The molecular formula is C4H13Cl2N. The van der Waals surface area contributed by atoms with Crippen LogP contribution in [0.15, 0.2) is 0 Å². The molecule has 0 aromatic heterocycles. The molecule has 0 rings (SSSR count). The van der Waals surface area contributed by atoms with Crippen molar-refractivity contribution in [3.8, 4) is 0 Å². The van der Waals surface area contributed by atoms with Crippen molar-refractivity contribution in [1.82, 2.24) is 0 Å². The molecule has 0 radical (unpaired) electrons. The van der Waals surface area contributed by atoms with E-state index in [0.29, 0.717) is 0 Å². The normalized spacial score (nSPS) is 6.00. The van der Waals surface area contributed by atoms with Crippen LogP contribution in [0.5, 0.6) is 0 Å². The van der Waals surface area contributed by atoms with E-state index in [1.807, 2.05) is 0 Å². The Bertz CT molecular complexity index is 14.4. The van der Waals surface area contributed by atoms with Gasteiger partial charge in [0.1, 0.15) is 0 Å². The molecule has 0 aliphatic carbocycles. The lowest BCUT2D eigenvalue weighted by Crippen LogP contribution is -3.02. The van der Waals surface area contributed by atoms with Crippen LogP contribution in [0.25, 0.3) is 0 Å². The zero-order chi connectivity index (χ0) is 5.58. The van der Waals surface area contributed by atoms with Crippen molar-refractivity contribution in [3.05, 3.63) is 0 Å². The van der Waals surface area contributed by atoms with Crippen LogP contribution in [0.3, 0.4) is 0 Å². The van der Waals surface area contributed by atoms with Gasteiger partial charge < -0.3 is 17.3 Å². The van der Waals surface area contributed by atoms with E-state index in [2.05, 4.69) is 32.7 Å².